The molecule has 0 amide bonds. The maximum Gasteiger partial charge on any atom is 0.0125 e. The van der Waals surface area contributed by atoms with Crippen molar-refractivity contribution in [3.05, 3.63) is 0 Å². The van der Waals surface area contributed by atoms with Crippen LogP contribution in [0.4, 0.5) is 0 Å². The van der Waals surface area contributed by atoms with Gasteiger partial charge in [-0.1, -0.05) is 0 Å². The first-order valence-corrected chi connectivity index (χ1v) is 6.72. The number of likely N-dealkylation sites (tertiary alicyclic amines) is 1. The van der Waals surface area contributed by atoms with Crippen molar-refractivity contribution in [3.63, 3.8) is 0 Å². The van der Waals surface area contributed by atoms with Gasteiger partial charge < -0.3 is 11.1 Å². The maximum atomic E-state index is 5.80. The molecule has 2 fully saturated rings. The van der Waals surface area contributed by atoms with Crippen LogP contribution < -0.4 is 11.1 Å². The van der Waals surface area contributed by atoms with Crippen LogP contribution in [0.2, 0.25) is 0 Å². The van der Waals surface area contributed by atoms with Crippen LogP contribution in [0.3, 0.4) is 0 Å². The maximum absolute atomic E-state index is 5.80. The highest BCUT2D eigenvalue weighted by molar-refractivity contribution is 4.92. The molecule has 1 saturated heterocycles. The largest absolute Gasteiger partial charge is 0.328 e. The van der Waals surface area contributed by atoms with Gasteiger partial charge in [-0.05, 0) is 46.5 Å². The smallest absolute Gasteiger partial charge is 0.0125 e. The molecular weight excluding hydrogens is 198 g/mol. The molecule has 0 aromatic carbocycles. The Morgan fingerprint density at radius 3 is 2.06 bits per heavy atom. The zero-order valence-corrected chi connectivity index (χ0v) is 11.0. The minimum Gasteiger partial charge on any atom is -0.328 e. The van der Waals surface area contributed by atoms with Crippen molar-refractivity contribution >= 4 is 0 Å². The van der Waals surface area contributed by atoms with E-state index in [0.717, 1.165) is 6.04 Å². The van der Waals surface area contributed by atoms with E-state index in [1.165, 1.54) is 38.8 Å². The normalized spacial score (nSPS) is 33.8. The van der Waals surface area contributed by atoms with Crippen LogP contribution in [0, 0.1) is 0 Å². The van der Waals surface area contributed by atoms with Crippen LogP contribution in [0.15, 0.2) is 0 Å². The zero-order chi connectivity index (χ0) is 11.8. The number of piperidine rings is 1. The summed E-state index contributed by atoms with van der Waals surface area (Å²) in [5.74, 6) is 0. The minimum atomic E-state index is 0.337. The Labute approximate surface area is 99.8 Å². The van der Waals surface area contributed by atoms with Gasteiger partial charge in [0, 0.05) is 36.8 Å². The average molecular weight is 225 g/mol. The van der Waals surface area contributed by atoms with Crippen molar-refractivity contribution in [1.29, 1.82) is 0 Å². The van der Waals surface area contributed by atoms with Crippen LogP contribution in [0.1, 0.15) is 46.5 Å². The first-order chi connectivity index (χ1) is 7.45. The van der Waals surface area contributed by atoms with Crippen LogP contribution in [-0.2, 0) is 0 Å². The minimum absolute atomic E-state index is 0.337. The highest BCUT2D eigenvalue weighted by Crippen LogP contribution is 2.23. The third-order valence-corrected chi connectivity index (χ3v) is 4.09. The summed E-state index contributed by atoms with van der Waals surface area (Å²) in [5, 5.41) is 3.75. The second-order valence-corrected chi connectivity index (χ2v) is 6.53. The Hall–Kier alpha value is -0.120. The molecule has 3 nitrogen and oxygen atoms in total. The number of nitrogens with one attached hydrogen (secondary N) is 1. The van der Waals surface area contributed by atoms with E-state index in [1.807, 2.05) is 0 Å². The Bertz CT molecular complexity index is 220. The van der Waals surface area contributed by atoms with E-state index in [4.69, 9.17) is 5.73 Å². The van der Waals surface area contributed by atoms with E-state index in [1.54, 1.807) is 0 Å². The molecular formula is C13H27N3. The van der Waals surface area contributed by atoms with Crippen molar-refractivity contribution in [2.24, 2.45) is 5.73 Å². The fourth-order valence-electron chi connectivity index (χ4n) is 2.85. The van der Waals surface area contributed by atoms with E-state index in [-0.39, 0.29) is 0 Å². The van der Waals surface area contributed by atoms with Gasteiger partial charge in [0.05, 0.1) is 0 Å². The summed E-state index contributed by atoms with van der Waals surface area (Å²) >= 11 is 0. The topological polar surface area (TPSA) is 41.3 Å². The Balaban J connectivity index is 1.69. The molecule has 2 aliphatic rings. The van der Waals surface area contributed by atoms with Crippen molar-refractivity contribution in [1.82, 2.24) is 10.2 Å². The van der Waals surface area contributed by atoms with Gasteiger partial charge in [-0.15, -0.1) is 0 Å². The molecule has 0 radical (unpaired) electrons. The molecule has 0 aromatic heterocycles. The molecule has 1 aliphatic carbocycles. The third-order valence-electron chi connectivity index (χ3n) is 4.09. The van der Waals surface area contributed by atoms with Crippen molar-refractivity contribution in [2.75, 3.05) is 13.1 Å². The molecule has 0 atom stereocenters. The lowest BCUT2D eigenvalue weighted by atomic mass is 9.86. The van der Waals surface area contributed by atoms with Gasteiger partial charge in [0.15, 0.2) is 0 Å². The van der Waals surface area contributed by atoms with Gasteiger partial charge in [0.1, 0.15) is 0 Å². The van der Waals surface area contributed by atoms with Gasteiger partial charge >= 0.3 is 0 Å². The van der Waals surface area contributed by atoms with E-state index >= 15 is 0 Å². The van der Waals surface area contributed by atoms with E-state index in [2.05, 4.69) is 31.0 Å². The molecule has 1 aliphatic heterocycles. The zero-order valence-electron chi connectivity index (χ0n) is 11.0. The first kappa shape index (κ1) is 12.3. The quantitative estimate of drug-likeness (QED) is 0.745. The molecule has 16 heavy (non-hydrogen) atoms. The Morgan fingerprint density at radius 2 is 1.62 bits per heavy atom. The lowest BCUT2D eigenvalue weighted by Crippen LogP contribution is -2.55. The predicted octanol–water partition coefficient (Wildman–Crippen LogP) is 1.33. The lowest BCUT2D eigenvalue weighted by molar-refractivity contribution is 0.0892. The Kier molecular flexibility index (Phi) is 3.57. The number of nitrogens with two attached hydrogens (primary N) is 1. The van der Waals surface area contributed by atoms with Gasteiger partial charge in [-0.25, -0.2) is 0 Å². The van der Waals surface area contributed by atoms with Crippen molar-refractivity contribution < 1.29 is 0 Å². The molecule has 0 bridgehead atoms. The van der Waals surface area contributed by atoms with Gasteiger partial charge in [0.2, 0.25) is 0 Å². The average Bonchev–Trinajstić information content (AvgIpc) is 2.15. The fourth-order valence-corrected chi connectivity index (χ4v) is 2.85. The van der Waals surface area contributed by atoms with Gasteiger partial charge in [-0.3, -0.25) is 4.90 Å². The second-order valence-electron chi connectivity index (χ2n) is 6.53. The van der Waals surface area contributed by atoms with Crippen LogP contribution in [0.25, 0.3) is 0 Å². The lowest BCUT2D eigenvalue weighted by Gasteiger charge is -2.43. The predicted molar refractivity (Wildman–Crippen MR) is 68.5 cm³/mol. The van der Waals surface area contributed by atoms with Gasteiger partial charge in [-0.2, -0.15) is 0 Å². The number of hydrogen-bond acceptors (Lipinski definition) is 3. The molecule has 2 rings (SSSR count). The molecule has 1 saturated carbocycles. The molecule has 3 heteroatoms. The summed E-state index contributed by atoms with van der Waals surface area (Å²) in [4.78, 5) is 2.59. The second kappa shape index (κ2) is 4.63. The molecule has 3 N–H and O–H groups in total. The highest BCUT2D eigenvalue weighted by Gasteiger charge is 2.31. The SMILES string of the molecule is CC(C)(C)N1CCC(NC2CC(N)C2)CC1. The van der Waals surface area contributed by atoms with Crippen molar-refractivity contribution in [3.8, 4) is 0 Å². The van der Waals surface area contributed by atoms with Gasteiger partial charge in [0.25, 0.3) is 0 Å². The summed E-state index contributed by atoms with van der Waals surface area (Å²) < 4.78 is 0. The summed E-state index contributed by atoms with van der Waals surface area (Å²) in [6, 6.07) is 1.91. The number of nitrogens with zero attached hydrogens (tertiary/aromatic N) is 1. The summed E-state index contributed by atoms with van der Waals surface area (Å²) in [5.41, 5.74) is 6.14. The van der Waals surface area contributed by atoms with E-state index < -0.39 is 0 Å². The number of hydrogen-bond donors (Lipinski definition) is 2. The standard InChI is InChI=1S/C13H27N3/c1-13(2,3)16-6-4-11(5-7-16)15-12-8-10(14)9-12/h10-12,15H,4-9,14H2,1-3H3. The highest BCUT2D eigenvalue weighted by atomic mass is 15.2. The monoisotopic (exact) mass is 225 g/mol. The van der Waals surface area contributed by atoms with Crippen LogP contribution >= 0.6 is 0 Å². The summed E-state index contributed by atoms with van der Waals surface area (Å²) in [6.45, 7) is 9.41. The number of rotatable bonds is 2. The van der Waals surface area contributed by atoms with Crippen molar-refractivity contribution in [2.45, 2.75) is 70.1 Å². The molecule has 0 aromatic rings. The van der Waals surface area contributed by atoms with E-state index in [9.17, 15) is 0 Å². The molecule has 0 spiro atoms. The summed E-state index contributed by atoms with van der Waals surface area (Å²) in [7, 11) is 0. The van der Waals surface area contributed by atoms with Crippen LogP contribution in [-0.4, -0.2) is 41.7 Å². The van der Waals surface area contributed by atoms with E-state index in [0.29, 0.717) is 17.6 Å². The summed E-state index contributed by atoms with van der Waals surface area (Å²) in [6.07, 6.45) is 4.95. The molecule has 1 heterocycles. The molecule has 94 valence electrons. The molecule has 0 unspecified atom stereocenters. The fraction of sp³-hybridized carbons (Fsp3) is 1.00. The Morgan fingerprint density at radius 1 is 1.06 bits per heavy atom. The first-order valence-electron chi connectivity index (χ1n) is 6.72. The van der Waals surface area contributed by atoms with Crippen LogP contribution in [0.5, 0.6) is 0 Å². The third kappa shape index (κ3) is 2.96.